The Morgan fingerprint density at radius 1 is 1.22 bits per heavy atom. The zero-order chi connectivity index (χ0) is 16.3. The summed E-state index contributed by atoms with van der Waals surface area (Å²) in [4.78, 5) is 19.4. The summed E-state index contributed by atoms with van der Waals surface area (Å²) in [5.74, 6) is 0.564. The Bertz CT molecular complexity index is 657. The van der Waals surface area contributed by atoms with Gasteiger partial charge in [0, 0.05) is 31.2 Å². The minimum atomic E-state index is -0.561. The molecule has 1 aromatic carbocycles. The van der Waals surface area contributed by atoms with Crippen LogP contribution in [-0.4, -0.2) is 28.9 Å². The van der Waals surface area contributed by atoms with Crippen molar-refractivity contribution in [2.75, 3.05) is 18.4 Å². The van der Waals surface area contributed by atoms with Crippen LogP contribution in [0.3, 0.4) is 0 Å². The second kappa shape index (κ2) is 6.50. The second-order valence-corrected chi connectivity index (χ2v) is 6.51. The zero-order valence-corrected chi connectivity index (χ0v) is 13.7. The average Bonchev–Trinajstić information content (AvgIpc) is 2.54. The van der Waals surface area contributed by atoms with Crippen molar-refractivity contribution in [3.8, 4) is 0 Å². The van der Waals surface area contributed by atoms with Crippen molar-refractivity contribution >= 4 is 11.6 Å². The summed E-state index contributed by atoms with van der Waals surface area (Å²) in [5, 5.41) is 3.07. The van der Waals surface area contributed by atoms with Crippen molar-refractivity contribution in [1.29, 1.82) is 0 Å². The van der Waals surface area contributed by atoms with E-state index in [-0.39, 0.29) is 5.91 Å². The SMILES string of the molecule is CC(C)CN1CCC1(C(=O)Nc1ccncc1)c1ccccc1. The number of hydrogen-bond acceptors (Lipinski definition) is 3. The van der Waals surface area contributed by atoms with E-state index >= 15 is 0 Å². The Balaban J connectivity index is 1.91. The number of carbonyl (C=O) groups is 1. The summed E-state index contributed by atoms with van der Waals surface area (Å²) in [6.07, 6.45) is 4.23. The van der Waals surface area contributed by atoms with Crippen LogP contribution in [0, 0.1) is 5.92 Å². The molecule has 0 bridgehead atoms. The first-order valence-corrected chi connectivity index (χ1v) is 8.15. The van der Waals surface area contributed by atoms with Gasteiger partial charge in [0.1, 0.15) is 5.54 Å². The van der Waals surface area contributed by atoms with Crippen LogP contribution < -0.4 is 5.32 Å². The summed E-state index contributed by atoms with van der Waals surface area (Å²) >= 11 is 0. The molecule has 2 heterocycles. The first-order valence-electron chi connectivity index (χ1n) is 8.15. The van der Waals surface area contributed by atoms with E-state index in [2.05, 4.69) is 41.2 Å². The number of nitrogens with zero attached hydrogens (tertiary/aromatic N) is 2. The molecule has 1 N–H and O–H groups in total. The molecule has 1 amide bonds. The molecule has 0 spiro atoms. The van der Waals surface area contributed by atoms with Gasteiger partial charge in [-0.15, -0.1) is 0 Å². The molecule has 3 rings (SSSR count). The lowest BCUT2D eigenvalue weighted by molar-refractivity contribution is -0.139. The molecule has 1 atom stereocenters. The highest BCUT2D eigenvalue weighted by Crippen LogP contribution is 2.42. The smallest absolute Gasteiger partial charge is 0.249 e. The highest BCUT2D eigenvalue weighted by Gasteiger charge is 2.52. The average molecular weight is 309 g/mol. The molecule has 1 fully saturated rings. The van der Waals surface area contributed by atoms with Crippen LogP contribution in [0.1, 0.15) is 25.8 Å². The van der Waals surface area contributed by atoms with Gasteiger partial charge in [0.2, 0.25) is 5.91 Å². The number of pyridine rings is 1. The van der Waals surface area contributed by atoms with Gasteiger partial charge < -0.3 is 5.32 Å². The van der Waals surface area contributed by atoms with Gasteiger partial charge in [-0.25, -0.2) is 0 Å². The van der Waals surface area contributed by atoms with Crippen LogP contribution in [0.5, 0.6) is 0 Å². The summed E-state index contributed by atoms with van der Waals surface area (Å²) in [5.41, 5.74) is 1.30. The van der Waals surface area contributed by atoms with Crippen molar-refractivity contribution in [3.05, 3.63) is 60.4 Å². The summed E-state index contributed by atoms with van der Waals surface area (Å²) in [7, 11) is 0. The molecule has 1 aliphatic rings. The molecule has 23 heavy (non-hydrogen) atoms. The van der Waals surface area contributed by atoms with Crippen molar-refractivity contribution in [1.82, 2.24) is 9.88 Å². The first-order chi connectivity index (χ1) is 11.1. The van der Waals surface area contributed by atoms with Crippen LogP contribution in [0.2, 0.25) is 0 Å². The van der Waals surface area contributed by atoms with E-state index < -0.39 is 5.54 Å². The molecule has 1 saturated heterocycles. The number of likely N-dealkylation sites (tertiary alicyclic amines) is 1. The van der Waals surface area contributed by atoms with E-state index in [4.69, 9.17) is 0 Å². The van der Waals surface area contributed by atoms with Crippen LogP contribution in [0.15, 0.2) is 54.9 Å². The molecule has 4 heteroatoms. The molecule has 4 nitrogen and oxygen atoms in total. The summed E-state index contributed by atoms with van der Waals surface area (Å²) in [6.45, 7) is 6.25. The normalized spacial score (nSPS) is 21.0. The number of amides is 1. The Kier molecular flexibility index (Phi) is 4.44. The van der Waals surface area contributed by atoms with Crippen molar-refractivity contribution < 1.29 is 4.79 Å². The Labute approximate surface area is 137 Å². The van der Waals surface area contributed by atoms with Gasteiger partial charge in [0.05, 0.1) is 0 Å². The van der Waals surface area contributed by atoms with Crippen LogP contribution in [0.4, 0.5) is 5.69 Å². The predicted molar refractivity (Wildman–Crippen MR) is 92.0 cm³/mol. The summed E-state index contributed by atoms with van der Waals surface area (Å²) in [6, 6.07) is 13.7. The Hall–Kier alpha value is -2.20. The van der Waals surface area contributed by atoms with Crippen LogP contribution >= 0.6 is 0 Å². The van der Waals surface area contributed by atoms with Crippen LogP contribution in [-0.2, 0) is 10.3 Å². The van der Waals surface area contributed by atoms with Gasteiger partial charge >= 0.3 is 0 Å². The molecule has 1 unspecified atom stereocenters. The van der Waals surface area contributed by atoms with Gasteiger partial charge in [-0.2, -0.15) is 0 Å². The number of hydrogen-bond donors (Lipinski definition) is 1. The number of benzene rings is 1. The quantitative estimate of drug-likeness (QED) is 0.922. The molecule has 1 aliphatic heterocycles. The molecular weight excluding hydrogens is 286 g/mol. The van der Waals surface area contributed by atoms with Gasteiger partial charge in [-0.3, -0.25) is 14.7 Å². The molecule has 120 valence electrons. The molecule has 0 saturated carbocycles. The Morgan fingerprint density at radius 3 is 2.48 bits per heavy atom. The maximum Gasteiger partial charge on any atom is 0.249 e. The highest BCUT2D eigenvalue weighted by molar-refractivity contribution is 5.99. The predicted octanol–water partition coefficient (Wildman–Crippen LogP) is 3.28. The third-order valence-electron chi connectivity index (χ3n) is 4.43. The summed E-state index contributed by atoms with van der Waals surface area (Å²) < 4.78 is 0. The Morgan fingerprint density at radius 2 is 1.91 bits per heavy atom. The molecule has 1 aromatic heterocycles. The van der Waals surface area contributed by atoms with E-state index in [9.17, 15) is 4.79 Å². The lowest BCUT2D eigenvalue weighted by Gasteiger charge is -2.52. The third kappa shape index (κ3) is 2.99. The number of carbonyl (C=O) groups excluding carboxylic acids is 1. The van der Waals surface area contributed by atoms with E-state index in [1.807, 2.05) is 30.3 Å². The third-order valence-corrected chi connectivity index (χ3v) is 4.43. The van der Waals surface area contributed by atoms with Crippen molar-refractivity contribution in [3.63, 3.8) is 0 Å². The number of anilines is 1. The maximum absolute atomic E-state index is 13.1. The lowest BCUT2D eigenvalue weighted by Crippen LogP contribution is -2.64. The van der Waals surface area contributed by atoms with Crippen LogP contribution in [0.25, 0.3) is 0 Å². The van der Waals surface area contributed by atoms with Gasteiger partial charge in [-0.05, 0) is 30.0 Å². The minimum absolute atomic E-state index is 0.0433. The molecular formula is C19H23N3O. The van der Waals surface area contributed by atoms with E-state index in [0.29, 0.717) is 5.92 Å². The fourth-order valence-electron chi connectivity index (χ4n) is 3.28. The van der Waals surface area contributed by atoms with E-state index in [0.717, 1.165) is 30.8 Å². The fourth-order valence-corrected chi connectivity index (χ4v) is 3.28. The highest BCUT2D eigenvalue weighted by atomic mass is 16.2. The molecule has 2 aromatic rings. The molecule has 0 aliphatic carbocycles. The van der Waals surface area contributed by atoms with Gasteiger partial charge in [-0.1, -0.05) is 44.2 Å². The van der Waals surface area contributed by atoms with Gasteiger partial charge in [0.25, 0.3) is 0 Å². The van der Waals surface area contributed by atoms with Crippen molar-refractivity contribution in [2.24, 2.45) is 5.92 Å². The second-order valence-electron chi connectivity index (χ2n) is 6.51. The van der Waals surface area contributed by atoms with E-state index in [1.54, 1.807) is 12.4 Å². The fraction of sp³-hybridized carbons (Fsp3) is 0.368. The largest absolute Gasteiger partial charge is 0.324 e. The van der Waals surface area contributed by atoms with E-state index in [1.165, 1.54) is 0 Å². The number of rotatable bonds is 5. The monoisotopic (exact) mass is 309 g/mol. The maximum atomic E-state index is 13.1. The minimum Gasteiger partial charge on any atom is -0.324 e. The zero-order valence-electron chi connectivity index (χ0n) is 13.7. The standard InChI is InChI=1S/C19H23N3O/c1-15(2)14-22-13-10-19(22,16-6-4-3-5-7-16)18(23)21-17-8-11-20-12-9-17/h3-9,11-12,15H,10,13-14H2,1-2H3,(H,20,21,23). The number of nitrogens with one attached hydrogen (secondary N) is 1. The van der Waals surface area contributed by atoms with Gasteiger partial charge in [0.15, 0.2) is 0 Å². The lowest BCUT2D eigenvalue weighted by atomic mass is 9.76. The van der Waals surface area contributed by atoms with Crippen molar-refractivity contribution in [2.45, 2.75) is 25.8 Å². The number of aromatic nitrogens is 1. The molecule has 0 radical (unpaired) electrons. The first kappa shape index (κ1) is 15.7. The topological polar surface area (TPSA) is 45.2 Å².